The number of ether oxygens (including phenoxy) is 1. The van der Waals surface area contributed by atoms with Crippen LogP contribution < -0.4 is 5.32 Å². The lowest BCUT2D eigenvalue weighted by Gasteiger charge is -2.55. The molecule has 144 valence electrons. The molecule has 3 aliphatic rings. The average Bonchev–Trinajstić information content (AvgIpc) is 3.30. The summed E-state index contributed by atoms with van der Waals surface area (Å²) in [4.78, 5) is 11.3. The molecular weight excluding hydrogens is 344 g/mol. The molecule has 0 radical (unpaired) electrons. The molecule has 26 heavy (non-hydrogen) atoms. The molecule has 0 aromatic carbocycles. The van der Waals surface area contributed by atoms with E-state index in [0.717, 1.165) is 51.8 Å². The largest absolute Gasteiger partial charge is 0.377 e. The van der Waals surface area contributed by atoms with Crippen molar-refractivity contribution in [1.29, 1.82) is 0 Å². The van der Waals surface area contributed by atoms with Crippen molar-refractivity contribution in [2.45, 2.75) is 45.9 Å². The number of aliphatic imine (C=N–C) groups is 1. The van der Waals surface area contributed by atoms with Crippen LogP contribution in [0.1, 0.15) is 32.1 Å². The quantitative estimate of drug-likeness (QED) is 0.648. The van der Waals surface area contributed by atoms with Crippen molar-refractivity contribution in [3.63, 3.8) is 0 Å². The van der Waals surface area contributed by atoms with E-state index in [4.69, 9.17) is 9.73 Å². The SMILES string of the molecule is CCN=C(NC1C2CCOC2C1(C)C)N1CCN(Cc2cccs2)CC1. The molecule has 5 nitrogen and oxygen atoms in total. The number of guanidine groups is 1. The molecule has 3 unspecified atom stereocenters. The van der Waals surface area contributed by atoms with Gasteiger partial charge in [-0.15, -0.1) is 11.3 Å². The molecule has 2 saturated heterocycles. The highest BCUT2D eigenvalue weighted by Gasteiger charge is 2.59. The predicted octanol–water partition coefficient (Wildman–Crippen LogP) is 2.64. The highest BCUT2D eigenvalue weighted by atomic mass is 32.1. The fourth-order valence-corrected chi connectivity index (χ4v) is 5.63. The highest BCUT2D eigenvalue weighted by Crippen LogP contribution is 2.52. The Balaban J connectivity index is 1.35. The first-order valence-electron chi connectivity index (χ1n) is 10.0. The van der Waals surface area contributed by atoms with E-state index in [-0.39, 0.29) is 5.41 Å². The summed E-state index contributed by atoms with van der Waals surface area (Å²) in [5.41, 5.74) is 0.191. The van der Waals surface area contributed by atoms with Gasteiger partial charge in [-0.1, -0.05) is 19.9 Å². The third-order valence-electron chi connectivity index (χ3n) is 6.32. The van der Waals surface area contributed by atoms with Crippen LogP contribution in [-0.2, 0) is 11.3 Å². The normalized spacial score (nSPS) is 31.6. The molecule has 1 aliphatic carbocycles. The van der Waals surface area contributed by atoms with E-state index in [0.29, 0.717) is 18.1 Å². The van der Waals surface area contributed by atoms with Crippen LogP contribution in [0.25, 0.3) is 0 Å². The van der Waals surface area contributed by atoms with Crippen molar-refractivity contribution in [3.8, 4) is 0 Å². The zero-order chi connectivity index (χ0) is 18.1. The first-order chi connectivity index (χ1) is 12.6. The smallest absolute Gasteiger partial charge is 0.194 e. The maximum atomic E-state index is 5.95. The molecule has 3 fully saturated rings. The third-order valence-corrected chi connectivity index (χ3v) is 7.19. The van der Waals surface area contributed by atoms with Gasteiger partial charge in [0.1, 0.15) is 0 Å². The molecular formula is C20H32N4OS. The fourth-order valence-electron chi connectivity index (χ4n) is 4.88. The highest BCUT2D eigenvalue weighted by molar-refractivity contribution is 7.09. The number of nitrogens with one attached hydrogen (secondary N) is 1. The predicted molar refractivity (Wildman–Crippen MR) is 108 cm³/mol. The number of nitrogens with zero attached hydrogens (tertiary/aromatic N) is 3. The zero-order valence-electron chi connectivity index (χ0n) is 16.3. The van der Waals surface area contributed by atoms with Crippen LogP contribution in [0.4, 0.5) is 0 Å². The van der Waals surface area contributed by atoms with E-state index in [1.54, 1.807) is 0 Å². The molecule has 3 atom stereocenters. The minimum Gasteiger partial charge on any atom is -0.377 e. The Morgan fingerprint density at radius 1 is 1.35 bits per heavy atom. The van der Waals surface area contributed by atoms with Crippen LogP contribution in [0, 0.1) is 11.3 Å². The van der Waals surface area contributed by atoms with Crippen LogP contribution >= 0.6 is 11.3 Å². The lowest BCUT2D eigenvalue weighted by molar-refractivity contribution is -0.107. The number of hydrogen-bond donors (Lipinski definition) is 1. The van der Waals surface area contributed by atoms with Gasteiger partial charge in [0.2, 0.25) is 0 Å². The number of piperazine rings is 1. The molecule has 1 aromatic heterocycles. The summed E-state index contributed by atoms with van der Waals surface area (Å²) >= 11 is 1.86. The second-order valence-corrected chi connectivity index (χ2v) is 9.36. The van der Waals surface area contributed by atoms with Gasteiger partial charge in [-0.3, -0.25) is 9.89 Å². The van der Waals surface area contributed by atoms with E-state index in [1.165, 1.54) is 11.3 Å². The van der Waals surface area contributed by atoms with Crippen LogP contribution in [0.3, 0.4) is 0 Å². The zero-order valence-corrected chi connectivity index (χ0v) is 17.1. The Morgan fingerprint density at radius 2 is 2.15 bits per heavy atom. The van der Waals surface area contributed by atoms with Gasteiger partial charge in [-0.05, 0) is 24.8 Å². The first-order valence-corrected chi connectivity index (χ1v) is 10.9. The molecule has 6 heteroatoms. The average molecular weight is 377 g/mol. The monoisotopic (exact) mass is 376 g/mol. The number of rotatable bonds is 4. The molecule has 0 amide bonds. The summed E-state index contributed by atoms with van der Waals surface area (Å²) in [6, 6.07) is 4.86. The van der Waals surface area contributed by atoms with Gasteiger partial charge in [0.15, 0.2) is 5.96 Å². The maximum absolute atomic E-state index is 5.95. The van der Waals surface area contributed by atoms with Crippen LogP contribution in [0.15, 0.2) is 22.5 Å². The van der Waals surface area contributed by atoms with E-state index in [1.807, 2.05) is 11.3 Å². The van der Waals surface area contributed by atoms with E-state index in [9.17, 15) is 0 Å². The number of thiophene rings is 1. The van der Waals surface area contributed by atoms with Crippen molar-refractivity contribution in [2.24, 2.45) is 16.3 Å². The number of fused-ring (bicyclic) bond motifs is 1. The minimum absolute atomic E-state index is 0.191. The maximum Gasteiger partial charge on any atom is 0.194 e. The molecule has 4 rings (SSSR count). The standard InChI is InChI=1S/C20H32N4OS/c1-4-21-19(22-17-16-7-12-25-18(16)20(17,2)3)24-10-8-23(9-11-24)14-15-6-5-13-26-15/h5-6,13,16-18H,4,7-12,14H2,1-3H3,(H,21,22). The van der Waals surface area contributed by atoms with Crippen molar-refractivity contribution in [3.05, 3.63) is 22.4 Å². The van der Waals surface area contributed by atoms with E-state index >= 15 is 0 Å². The molecule has 0 bridgehead atoms. The van der Waals surface area contributed by atoms with Gasteiger partial charge >= 0.3 is 0 Å². The van der Waals surface area contributed by atoms with Crippen molar-refractivity contribution in [1.82, 2.24) is 15.1 Å². The van der Waals surface area contributed by atoms with Crippen LogP contribution in [-0.4, -0.2) is 67.2 Å². The van der Waals surface area contributed by atoms with Gasteiger partial charge in [-0.2, -0.15) is 0 Å². The molecule has 1 N–H and O–H groups in total. The summed E-state index contributed by atoms with van der Waals surface area (Å²) < 4.78 is 5.95. The second-order valence-electron chi connectivity index (χ2n) is 8.33. The summed E-state index contributed by atoms with van der Waals surface area (Å²) in [5.74, 6) is 1.75. The van der Waals surface area contributed by atoms with Crippen LogP contribution in [0.2, 0.25) is 0 Å². The topological polar surface area (TPSA) is 40.1 Å². The van der Waals surface area contributed by atoms with E-state index in [2.05, 4.69) is 53.4 Å². The summed E-state index contributed by atoms with van der Waals surface area (Å²) in [6.07, 6.45) is 1.60. The summed E-state index contributed by atoms with van der Waals surface area (Å²) in [6.45, 7) is 13.9. The Kier molecular flexibility index (Phi) is 5.26. The lowest BCUT2D eigenvalue weighted by Crippen LogP contribution is -2.68. The van der Waals surface area contributed by atoms with Crippen LogP contribution in [0.5, 0.6) is 0 Å². The number of hydrogen-bond acceptors (Lipinski definition) is 4. The third kappa shape index (κ3) is 3.39. The second kappa shape index (κ2) is 7.49. The first kappa shape index (κ1) is 18.3. The molecule has 3 heterocycles. The van der Waals surface area contributed by atoms with Gasteiger partial charge in [0.25, 0.3) is 0 Å². The van der Waals surface area contributed by atoms with Gasteiger partial charge in [-0.25, -0.2) is 0 Å². The summed E-state index contributed by atoms with van der Waals surface area (Å²) in [7, 11) is 0. The van der Waals surface area contributed by atoms with Crippen molar-refractivity contribution < 1.29 is 4.74 Å². The van der Waals surface area contributed by atoms with Crippen molar-refractivity contribution >= 4 is 17.3 Å². The Bertz CT molecular complexity index is 622. The Morgan fingerprint density at radius 3 is 2.85 bits per heavy atom. The Labute approximate surface area is 161 Å². The molecule has 2 aliphatic heterocycles. The van der Waals surface area contributed by atoms with Gasteiger partial charge in [0, 0.05) is 68.1 Å². The molecule has 1 saturated carbocycles. The minimum atomic E-state index is 0.191. The van der Waals surface area contributed by atoms with Gasteiger partial charge in [0.05, 0.1) is 6.10 Å². The van der Waals surface area contributed by atoms with E-state index < -0.39 is 0 Å². The molecule has 0 spiro atoms. The molecule has 1 aromatic rings. The van der Waals surface area contributed by atoms with Gasteiger partial charge < -0.3 is 15.0 Å². The fraction of sp³-hybridized carbons (Fsp3) is 0.750. The summed E-state index contributed by atoms with van der Waals surface area (Å²) in [5, 5.41) is 5.99. The lowest BCUT2D eigenvalue weighted by atomic mass is 9.57. The van der Waals surface area contributed by atoms with Crippen molar-refractivity contribution in [2.75, 3.05) is 39.3 Å². The Hall–Kier alpha value is -1.11.